The molecule has 1 aromatic heterocycles. The highest BCUT2D eigenvalue weighted by molar-refractivity contribution is 5.87. The predicted molar refractivity (Wildman–Crippen MR) is 124 cm³/mol. The molecule has 6 heteroatoms. The molecule has 1 saturated heterocycles. The molecule has 2 fully saturated rings. The van der Waals surface area contributed by atoms with E-state index in [2.05, 4.69) is 22.4 Å². The summed E-state index contributed by atoms with van der Waals surface area (Å²) in [5, 5.41) is 2.94. The Bertz CT molecular complexity index is 910. The third-order valence-corrected chi connectivity index (χ3v) is 6.66. The number of pyridine rings is 1. The fourth-order valence-electron chi connectivity index (χ4n) is 4.92. The number of benzene rings is 1. The van der Waals surface area contributed by atoms with Crippen LogP contribution in [0.25, 0.3) is 11.1 Å². The van der Waals surface area contributed by atoms with Crippen LogP contribution < -0.4 is 5.32 Å². The molecular formula is C26H33N3O3. The van der Waals surface area contributed by atoms with Gasteiger partial charge in [0.15, 0.2) is 5.60 Å². The van der Waals surface area contributed by atoms with Crippen molar-refractivity contribution in [1.82, 2.24) is 15.2 Å². The van der Waals surface area contributed by atoms with Crippen LogP contribution in [0.4, 0.5) is 0 Å². The maximum Gasteiger partial charge on any atom is 0.254 e. The fourth-order valence-corrected chi connectivity index (χ4v) is 4.92. The third-order valence-electron chi connectivity index (χ3n) is 6.66. The monoisotopic (exact) mass is 435 g/mol. The van der Waals surface area contributed by atoms with Gasteiger partial charge in [0.1, 0.15) is 0 Å². The number of amides is 2. The smallest absolute Gasteiger partial charge is 0.254 e. The number of hydrogen-bond acceptors (Lipinski definition) is 4. The molecule has 0 radical (unpaired) electrons. The highest BCUT2D eigenvalue weighted by Crippen LogP contribution is 2.30. The van der Waals surface area contributed by atoms with Crippen LogP contribution in [0.3, 0.4) is 0 Å². The minimum Gasteiger partial charge on any atom is -0.361 e. The zero-order chi connectivity index (χ0) is 22.4. The van der Waals surface area contributed by atoms with Gasteiger partial charge in [-0.05, 0) is 48.6 Å². The van der Waals surface area contributed by atoms with Crippen LogP contribution in [0.15, 0.2) is 48.8 Å². The highest BCUT2D eigenvalue weighted by atomic mass is 16.5. The first-order chi connectivity index (χ1) is 15.6. The Balaban J connectivity index is 1.53. The van der Waals surface area contributed by atoms with Gasteiger partial charge in [0, 0.05) is 37.8 Å². The predicted octanol–water partition coefficient (Wildman–Crippen LogP) is 3.61. The number of aromatic nitrogens is 1. The molecule has 1 atom stereocenters. The number of carbonyl (C=O) groups excluding carboxylic acids is 2. The normalized spacial score (nSPS) is 21.8. The first-order valence-electron chi connectivity index (χ1n) is 11.8. The van der Waals surface area contributed by atoms with E-state index in [0.29, 0.717) is 32.7 Å². The van der Waals surface area contributed by atoms with Crippen LogP contribution in [0, 0.1) is 5.92 Å². The summed E-state index contributed by atoms with van der Waals surface area (Å²) in [5.74, 6) is 0.141. The number of nitrogens with zero attached hydrogens (tertiary/aromatic N) is 2. The van der Waals surface area contributed by atoms with Gasteiger partial charge >= 0.3 is 0 Å². The number of ether oxygens (including phenoxy) is 1. The molecule has 1 N–H and O–H groups in total. The second-order valence-corrected chi connectivity index (χ2v) is 8.91. The number of rotatable bonds is 6. The molecule has 32 heavy (non-hydrogen) atoms. The molecule has 1 aliphatic heterocycles. The summed E-state index contributed by atoms with van der Waals surface area (Å²) in [7, 11) is 0. The average molecular weight is 436 g/mol. The van der Waals surface area contributed by atoms with Gasteiger partial charge in [-0.25, -0.2) is 0 Å². The van der Waals surface area contributed by atoms with Gasteiger partial charge in [0.2, 0.25) is 5.91 Å². The maximum atomic E-state index is 13.2. The summed E-state index contributed by atoms with van der Waals surface area (Å²) >= 11 is 0. The summed E-state index contributed by atoms with van der Waals surface area (Å²) in [5.41, 5.74) is 2.16. The quantitative estimate of drug-likeness (QED) is 0.753. The van der Waals surface area contributed by atoms with Crippen LogP contribution in [-0.2, 0) is 20.7 Å². The van der Waals surface area contributed by atoms with Crippen molar-refractivity contribution < 1.29 is 14.3 Å². The van der Waals surface area contributed by atoms with E-state index in [1.165, 1.54) is 6.42 Å². The summed E-state index contributed by atoms with van der Waals surface area (Å²) in [6.07, 6.45) is 9.36. The van der Waals surface area contributed by atoms with Crippen molar-refractivity contribution in [2.45, 2.75) is 51.0 Å². The molecule has 1 aromatic carbocycles. The fraction of sp³-hybridized carbons (Fsp3) is 0.500. The van der Waals surface area contributed by atoms with Gasteiger partial charge in [0.25, 0.3) is 5.91 Å². The van der Waals surface area contributed by atoms with E-state index in [1.807, 2.05) is 36.1 Å². The molecule has 6 nitrogen and oxygen atoms in total. The van der Waals surface area contributed by atoms with E-state index in [-0.39, 0.29) is 17.7 Å². The Kier molecular flexibility index (Phi) is 7.20. The van der Waals surface area contributed by atoms with Crippen LogP contribution in [0.2, 0.25) is 0 Å². The minimum atomic E-state index is -1.06. The van der Waals surface area contributed by atoms with E-state index in [0.717, 1.165) is 42.4 Å². The average Bonchev–Trinajstić information content (AvgIpc) is 2.85. The lowest BCUT2D eigenvalue weighted by molar-refractivity contribution is -0.168. The van der Waals surface area contributed by atoms with Crippen molar-refractivity contribution in [3.63, 3.8) is 0 Å². The molecule has 1 saturated carbocycles. The molecular weight excluding hydrogens is 402 g/mol. The van der Waals surface area contributed by atoms with E-state index in [1.54, 1.807) is 12.4 Å². The van der Waals surface area contributed by atoms with Gasteiger partial charge in [-0.2, -0.15) is 0 Å². The van der Waals surface area contributed by atoms with Crippen molar-refractivity contribution in [1.29, 1.82) is 0 Å². The lowest BCUT2D eigenvalue weighted by atomic mass is 9.86. The zero-order valence-electron chi connectivity index (χ0n) is 18.9. The molecule has 0 unspecified atom stereocenters. The van der Waals surface area contributed by atoms with E-state index < -0.39 is 5.60 Å². The van der Waals surface area contributed by atoms with Crippen molar-refractivity contribution in [3.8, 4) is 11.1 Å². The van der Waals surface area contributed by atoms with Crippen LogP contribution in [0.5, 0.6) is 0 Å². The molecule has 170 valence electrons. The van der Waals surface area contributed by atoms with E-state index in [4.69, 9.17) is 4.74 Å². The highest BCUT2D eigenvalue weighted by Gasteiger charge is 2.45. The third kappa shape index (κ3) is 5.01. The molecule has 2 aliphatic rings. The second kappa shape index (κ2) is 10.3. The topological polar surface area (TPSA) is 71.5 Å². The van der Waals surface area contributed by atoms with Gasteiger partial charge in [-0.15, -0.1) is 0 Å². The summed E-state index contributed by atoms with van der Waals surface area (Å²) in [6.45, 7) is 3.67. The maximum absolute atomic E-state index is 13.2. The summed E-state index contributed by atoms with van der Waals surface area (Å²) in [4.78, 5) is 32.3. The van der Waals surface area contributed by atoms with Crippen LogP contribution in [-0.4, -0.2) is 53.5 Å². The number of likely N-dealkylation sites (N-methyl/N-ethyl adjacent to an activating group) is 1. The Labute approximate surface area is 190 Å². The van der Waals surface area contributed by atoms with Crippen LogP contribution >= 0.6 is 0 Å². The lowest BCUT2D eigenvalue weighted by Crippen LogP contribution is -2.62. The second-order valence-electron chi connectivity index (χ2n) is 8.91. The Morgan fingerprint density at radius 2 is 1.75 bits per heavy atom. The summed E-state index contributed by atoms with van der Waals surface area (Å²) in [6, 6.07) is 12.2. The lowest BCUT2D eigenvalue weighted by Gasteiger charge is -2.43. The summed E-state index contributed by atoms with van der Waals surface area (Å²) < 4.78 is 6.15. The van der Waals surface area contributed by atoms with Gasteiger partial charge in [0.05, 0.1) is 13.2 Å². The zero-order valence-corrected chi connectivity index (χ0v) is 18.9. The van der Waals surface area contributed by atoms with Crippen LogP contribution in [0.1, 0.15) is 44.6 Å². The van der Waals surface area contributed by atoms with Gasteiger partial charge in [-0.3, -0.25) is 14.6 Å². The molecule has 4 rings (SSSR count). The Morgan fingerprint density at radius 1 is 1.06 bits per heavy atom. The molecule has 1 aliphatic carbocycles. The number of nitrogens with one attached hydrogen (secondary N) is 1. The van der Waals surface area contributed by atoms with Gasteiger partial charge in [-0.1, -0.05) is 43.5 Å². The number of morpholine rings is 1. The van der Waals surface area contributed by atoms with Crippen molar-refractivity contribution in [3.05, 3.63) is 54.4 Å². The number of hydrogen-bond donors (Lipinski definition) is 1. The molecule has 2 amide bonds. The molecule has 0 spiro atoms. The Morgan fingerprint density at radius 3 is 2.44 bits per heavy atom. The first kappa shape index (κ1) is 22.5. The molecule has 2 aromatic rings. The first-order valence-corrected chi connectivity index (χ1v) is 11.8. The number of carbonyl (C=O) groups is 2. The molecule has 2 heterocycles. The molecule has 0 bridgehead atoms. The van der Waals surface area contributed by atoms with E-state index in [9.17, 15) is 9.59 Å². The SMILES string of the molecule is CCNC(=O)[C@]1(Cc2ccc(-c3ccncc3)cc2)CN(C(=O)C2CCCCC2)CCO1. The minimum absolute atomic E-state index is 0.0911. The van der Waals surface area contributed by atoms with Crippen molar-refractivity contribution >= 4 is 11.8 Å². The van der Waals surface area contributed by atoms with E-state index >= 15 is 0 Å². The van der Waals surface area contributed by atoms with Gasteiger partial charge < -0.3 is 15.0 Å². The standard InChI is InChI=1S/C26H33N3O3/c1-2-28-25(31)26(18-20-8-10-21(11-9-20)22-12-14-27-15-13-22)19-29(16-17-32-26)24(30)23-6-4-3-5-7-23/h8-15,23H,2-7,16-19H2,1H3,(H,28,31)/t26-/m0/s1. The van der Waals surface area contributed by atoms with Crippen molar-refractivity contribution in [2.24, 2.45) is 5.92 Å². The Hall–Kier alpha value is -2.73. The largest absolute Gasteiger partial charge is 0.361 e. The van der Waals surface area contributed by atoms with Crippen molar-refractivity contribution in [2.75, 3.05) is 26.2 Å².